The molecular weight excluding hydrogens is 346 g/mol. The third kappa shape index (κ3) is 3.57. The number of hydrogen-bond acceptors (Lipinski definition) is 2. The normalized spacial score (nSPS) is 11.2. The molecule has 0 bridgehead atoms. The van der Waals surface area contributed by atoms with Crippen LogP contribution in [0.2, 0.25) is 0 Å². The Morgan fingerprint density at radius 2 is 1.43 bits per heavy atom. The van der Waals surface area contributed by atoms with Crippen molar-refractivity contribution in [1.82, 2.24) is 4.57 Å². The van der Waals surface area contributed by atoms with Crippen molar-refractivity contribution in [3.8, 4) is 11.5 Å². The lowest BCUT2D eigenvalue weighted by atomic mass is 10.1. The van der Waals surface area contributed by atoms with Gasteiger partial charge in [0.2, 0.25) is 0 Å². The van der Waals surface area contributed by atoms with Crippen molar-refractivity contribution in [3.05, 3.63) is 78.7 Å². The number of para-hydroxylation sites is 2. The number of methoxy groups -OCH3 is 2. The number of hydrogen-bond donors (Lipinski definition) is 0. The fourth-order valence-electron chi connectivity index (χ4n) is 3.91. The van der Waals surface area contributed by atoms with E-state index in [0.717, 1.165) is 37.3 Å². The molecule has 3 nitrogen and oxygen atoms in total. The van der Waals surface area contributed by atoms with Crippen LogP contribution in [0.15, 0.2) is 66.7 Å². The van der Waals surface area contributed by atoms with Crippen molar-refractivity contribution in [3.63, 3.8) is 0 Å². The number of benzene rings is 3. The highest BCUT2D eigenvalue weighted by atomic mass is 16.5. The summed E-state index contributed by atoms with van der Waals surface area (Å²) in [5.41, 5.74) is 3.89. The lowest BCUT2D eigenvalue weighted by Crippen LogP contribution is -1.98. The number of fused-ring (bicyclic) bond motifs is 3. The molecule has 143 valence electrons. The average Bonchev–Trinajstić information content (AvgIpc) is 3.07. The van der Waals surface area contributed by atoms with E-state index in [-0.39, 0.29) is 0 Å². The monoisotopic (exact) mass is 372 g/mol. The second kappa shape index (κ2) is 8.39. The first-order chi connectivity index (χ1) is 13.8. The Balaban J connectivity index is 1.39. The van der Waals surface area contributed by atoms with Crippen LogP contribution >= 0.6 is 0 Å². The van der Waals surface area contributed by atoms with E-state index in [9.17, 15) is 0 Å². The van der Waals surface area contributed by atoms with E-state index < -0.39 is 0 Å². The van der Waals surface area contributed by atoms with Crippen molar-refractivity contribution in [2.24, 2.45) is 0 Å². The summed E-state index contributed by atoms with van der Waals surface area (Å²) in [5.74, 6) is 1.57. The quantitative estimate of drug-likeness (QED) is 0.352. The third-order valence-corrected chi connectivity index (χ3v) is 5.30. The van der Waals surface area contributed by atoms with E-state index in [0.29, 0.717) is 0 Å². The third-order valence-electron chi connectivity index (χ3n) is 5.30. The molecule has 0 atom stereocenters. The van der Waals surface area contributed by atoms with Gasteiger partial charge in [0.05, 0.1) is 14.2 Å². The van der Waals surface area contributed by atoms with Gasteiger partial charge in [-0.05, 0) is 55.5 Å². The molecule has 4 aromatic rings. The summed E-state index contributed by atoms with van der Waals surface area (Å²) < 4.78 is 13.2. The van der Waals surface area contributed by atoms with Crippen molar-refractivity contribution >= 4 is 21.8 Å². The molecule has 1 aromatic heterocycles. The molecule has 3 heteroatoms. The molecule has 4 rings (SSSR count). The predicted molar refractivity (Wildman–Crippen MR) is 116 cm³/mol. The standard InChI is InChI=1S/C25H26NO2/c1-27-24-16-15-19(18-25(24)28-2)10-4-3-9-17-26-22-13-7-5-11-20(22)21-12-6-8-14-23(21)26/h4-8,11-16,18H,3,9-10,17H2,1-2H3. The second-order valence-electron chi connectivity index (χ2n) is 7.01. The molecule has 1 radical (unpaired) electrons. The van der Waals surface area contributed by atoms with Crippen molar-refractivity contribution in [1.29, 1.82) is 0 Å². The number of unbranched alkanes of at least 4 members (excludes halogenated alkanes) is 2. The van der Waals surface area contributed by atoms with Crippen LogP contribution < -0.4 is 9.47 Å². The highest BCUT2D eigenvalue weighted by molar-refractivity contribution is 6.07. The molecule has 0 N–H and O–H groups in total. The zero-order valence-electron chi connectivity index (χ0n) is 16.5. The van der Waals surface area contributed by atoms with E-state index in [4.69, 9.17) is 9.47 Å². The zero-order valence-corrected chi connectivity index (χ0v) is 16.5. The molecule has 0 spiro atoms. The smallest absolute Gasteiger partial charge is 0.160 e. The topological polar surface area (TPSA) is 23.4 Å². The average molecular weight is 372 g/mol. The maximum absolute atomic E-state index is 5.39. The Bertz CT molecular complexity index is 1030. The van der Waals surface area contributed by atoms with Gasteiger partial charge >= 0.3 is 0 Å². The molecular formula is C25H26NO2. The van der Waals surface area contributed by atoms with Gasteiger partial charge in [-0.3, -0.25) is 0 Å². The summed E-state index contributed by atoms with van der Waals surface area (Å²) in [7, 11) is 3.34. The Labute approximate surface area is 166 Å². The fourth-order valence-corrected chi connectivity index (χ4v) is 3.91. The summed E-state index contributed by atoms with van der Waals surface area (Å²) in [6.07, 6.45) is 5.49. The molecule has 0 aliphatic rings. The zero-order chi connectivity index (χ0) is 19.3. The lowest BCUT2D eigenvalue weighted by molar-refractivity contribution is 0.354. The molecule has 0 saturated heterocycles. The summed E-state index contributed by atoms with van der Waals surface area (Å²) in [5, 5.41) is 2.68. The molecule has 0 fully saturated rings. The van der Waals surface area contributed by atoms with Crippen molar-refractivity contribution < 1.29 is 9.47 Å². The number of aryl methyl sites for hydroxylation is 1. The predicted octanol–water partition coefficient (Wildman–Crippen LogP) is 6.04. The van der Waals surface area contributed by atoms with Crippen molar-refractivity contribution in [2.75, 3.05) is 14.2 Å². The van der Waals surface area contributed by atoms with Crippen LogP contribution in [0, 0.1) is 6.42 Å². The fraction of sp³-hybridized carbons (Fsp3) is 0.240. The molecule has 0 aliphatic heterocycles. The molecule has 3 aromatic carbocycles. The van der Waals surface area contributed by atoms with Gasteiger partial charge in [-0.15, -0.1) is 0 Å². The summed E-state index contributed by atoms with van der Waals surface area (Å²) >= 11 is 0. The summed E-state index contributed by atoms with van der Waals surface area (Å²) in [4.78, 5) is 0. The molecule has 28 heavy (non-hydrogen) atoms. The second-order valence-corrected chi connectivity index (χ2v) is 7.01. The van der Waals surface area contributed by atoms with Crippen LogP contribution in [0.4, 0.5) is 0 Å². The minimum Gasteiger partial charge on any atom is -0.493 e. The number of ether oxygens (including phenoxy) is 2. The van der Waals surface area contributed by atoms with E-state index in [1.54, 1.807) is 14.2 Å². The largest absolute Gasteiger partial charge is 0.493 e. The van der Waals surface area contributed by atoms with E-state index in [2.05, 4.69) is 71.7 Å². The summed E-state index contributed by atoms with van der Waals surface area (Å²) in [6.45, 7) is 1.02. The van der Waals surface area contributed by atoms with Crippen LogP contribution in [0.25, 0.3) is 21.8 Å². The Morgan fingerprint density at radius 1 is 0.786 bits per heavy atom. The van der Waals surface area contributed by atoms with Crippen LogP contribution in [0.5, 0.6) is 11.5 Å². The lowest BCUT2D eigenvalue weighted by Gasteiger charge is -2.10. The Kier molecular flexibility index (Phi) is 5.52. The van der Waals surface area contributed by atoms with Gasteiger partial charge in [0.1, 0.15) is 0 Å². The Hall–Kier alpha value is -2.94. The first-order valence-corrected chi connectivity index (χ1v) is 9.80. The van der Waals surface area contributed by atoms with Gasteiger partial charge in [0, 0.05) is 28.4 Å². The van der Waals surface area contributed by atoms with Gasteiger partial charge in [-0.1, -0.05) is 42.5 Å². The first kappa shape index (κ1) is 18.4. The van der Waals surface area contributed by atoms with Crippen LogP contribution in [0.1, 0.15) is 18.4 Å². The first-order valence-electron chi connectivity index (χ1n) is 9.80. The molecule has 1 heterocycles. The number of rotatable bonds is 8. The highest BCUT2D eigenvalue weighted by Crippen LogP contribution is 2.30. The SMILES string of the molecule is COc1ccc(C[CH]CCCn2c3ccccc3c3ccccc32)cc1OC. The van der Waals surface area contributed by atoms with Gasteiger partial charge < -0.3 is 14.0 Å². The van der Waals surface area contributed by atoms with Crippen LogP contribution in [-0.2, 0) is 13.0 Å². The number of nitrogens with zero attached hydrogens (tertiary/aromatic N) is 1. The van der Waals surface area contributed by atoms with Gasteiger partial charge in [-0.2, -0.15) is 0 Å². The molecule has 0 amide bonds. The maximum atomic E-state index is 5.39. The molecule has 0 saturated carbocycles. The van der Waals surface area contributed by atoms with Crippen molar-refractivity contribution in [2.45, 2.75) is 25.8 Å². The van der Waals surface area contributed by atoms with Gasteiger partial charge in [-0.25, -0.2) is 0 Å². The number of aromatic nitrogens is 1. The maximum Gasteiger partial charge on any atom is 0.160 e. The van der Waals surface area contributed by atoms with Crippen LogP contribution in [0.3, 0.4) is 0 Å². The van der Waals surface area contributed by atoms with Gasteiger partial charge in [0.25, 0.3) is 0 Å². The van der Waals surface area contributed by atoms with E-state index >= 15 is 0 Å². The molecule has 0 unspecified atom stereocenters. The molecule has 0 aliphatic carbocycles. The van der Waals surface area contributed by atoms with Crippen LogP contribution in [-0.4, -0.2) is 18.8 Å². The minimum absolute atomic E-state index is 0.776. The summed E-state index contributed by atoms with van der Waals surface area (Å²) in [6, 6.07) is 23.5. The minimum atomic E-state index is 0.776. The van der Waals surface area contributed by atoms with E-state index in [1.165, 1.54) is 27.4 Å². The van der Waals surface area contributed by atoms with E-state index in [1.807, 2.05) is 6.07 Å². The Morgan fingerprint density at radius 3 is 2.07 bits per heavy atom. The highest BCUT2D eigenvalue weighted by Gasteiger charge is 2.09. The van der Waals surface area contributed by atoms with Gasteiger partial charge in [0.15, 0.2) is 11.5 Å².